The van der Waals surface area contributed by atoms with E-state index in [0.717, 1.165) is 11.1 Å². The predicted octanol–water partition coefficient (Wildman–Crippen LogP) is 6.25. The molecule has 2 N–H and O–H groups in total. The number of nitrogens with zero attached hydrogens (tertiary/aromatic N) is 1. The van der Waals surface area contributed by atoms with E-state index in [1.807, 2.05) is 12.1 Å². The van der Waals surface area contributed by atoms with Gasteiger partial charge in [-0.3, -0.25) is 0 Å². The lowest BCUT2D eigenvalue weighted by molar-refractivity contribution is 0.227. The average molecular weight is 451 g/mol. The minimum atomic E-state index is -1.33. The Bertz CT molecular complexity index is 1100. The van der Waals surface area contributed by atoms with Gasteiger partial charge < -0.3 is 10.5 Å². The smallest absolute Gasteiger partial charge is 0.166 e. The third-order valence-corrected chi connectivity index (χ3v) is 6.98. The van der Waals surface area contributed by atoms with Crippen LogP contribution in [0, 0.1) is 5.82 Å². The summed E-state index contributed by atoms with van der Waals surface area (Å²) in [5, 5.41) is 1.49. The molecular weight excluding hydrogens is 429 g/mol. The van der Waals surface area contributed by atoms with Gasteiger partial charge in [0.15, 0.2) is 11.6 Å². The molecular formula is C22H22Cl2FN2OP. The fourth-order valence-corrected chi connectivity index (χ4v) is 4.56. The molecule has 1 aromatic heterocycles. The minimum Gasteiger partial charge on any atom is -0.482 e. The molecule has 1 atom stereocenters. The van der Waals surface area contributed by atoms with E-state index in [1.165, 1.54) is 17.4 Å². The van der Waals surface area contributed by atoms with Crippen LogP contribution in [0.4, 0.5) is 10.2 Å². The Morgan fingerprint density at radius 1 is 1.10 bits per heavy atom. The Kier molecular flexibility index (Phi) is 6.28. The molecule has 0 fully saturated rings. The Morgan fingerprint density at radius 3 is 2.38 bits per heavy atom. The molecule has 0 saturated carbocycles. The SMILES string of the molecule is C=P(C)(C)c1ccc(-c2cnc(N)c(OC(C)c3c(Cl)ccc(F)c3Cl)c2)cc1. The second-order valence-corrected chi connectivity index (χ2v) is 12.0. The van der Waals surface area contributed by atoms with Crippen LogP contribution in [0.5, 0.6) is 5.75 Å². The van der Waals surface area contributed by atoms with Crippen LogP contribution in [0.25, 0.3) is 11.1 Å². The lowest BCUT2D eigenvalue weighted by Crippen LogP contribution is -2.08. The van der Waals surface area contributed by atoms with Crippen molar-refractivity contribution in [2.24, 2.45) is 0 Å². The van der Waals surface area contributed by atoms with Crippen molar-refractivity contribution in [1.29, 1.82) is 0 Å². The summed E-state index contributed by atoms with van der Waals surface area (Å²) in [5.41, 5.74) is 8.20. The second-order valence-electron chi connectivity index (χ2n) is 7.36. The first-order valence-electron chi connectivity index (χ1n) is 8.93. The number of halogens is 3. The first-order chi connectivity index (χ1) is 13.6. The van der Waals surface area contributed by atoms with Crippen molar-refractivity contribution in [3.8, 4) is 16.9 Å². The van der Waals surface area contributed by atoms with E-state index in [1.54, 1.807) is 19.2 Å². The van der Waals surface area contributed by atoms with Gasteiger partial charge in [-0.05, 0) is 49.3 Å². The van der Waals surface area contributed by atoms with Gasteiger partial charge in [-0.2, -0.15) is 0 Å². The zero-order valence-corrected chi connectivity index (χ0v) is 18.8. The van der Waals surface area contributed by atoms with Gasteiger partial charge in [0, 0.05) is 22.3 Å². The molecule has 7 heteroatoms. The topological polar surface area (TPSA) is 48.1 Å². The van der Waals surface area contributed by atoms with Crippen molar-refractivity contribution >= 4 is 47.5 Å². The fourth-order valence-electron chi connectivity index (χ4n) is 2.93. The van der Waals surface area contributed by atoms with Gasteiger partial charge >= 0.3 is 0 Å². The molecule has 3 nitrogen and oxygen atoms in total. The van der Waals surface area contributed by atoms with E-state index >= 15 is 0 Å². The number of hydrogen-bond donors (Lipinski definition) is 1. The zero-order chi connectivity index (χ0) is 21.3. The number of nitrogens with two attached hydrogens (primary N) is 1. The molecule has 3 aromatic rings. The Morgan fingerprint density at radius 2 is 1.76 bits per heavy atom. The fraction of sp³-hybridized carbons (Fsp3) is 0.182. The molecule has 0 bridgehead atoms. The summed E-state index contributed by atoms with van der Waals surface area (Å²) >= 11 is 12.3. The van der Waals surface area contributed by atoms with Gasteiger partial charge in [0.05, 0.1) is 5.02 Å². The van der Waals surface area contributed by atoms with Crippen molar-refractivity contribution in [1.82, 2.24) is 4.98 Å². The highest BCUT2D eigenvalue weighted by atomic mass is 35.5. The zero-order valence-electron chi connectivity index (χ0n) is 16.4. The van der Waals surface area contributed by atoms with Gasteiger partial charge in [-0.15, -0.1) is 0 Å². The summed E-state index contributed by atoms with van der Waals surface area (Å²) < 4.78 is 19.8. The number of aromatic nitrogens is 1. The van der Waals surface area contributed by atoms with Crippen LogP contribution >= 0.6 is 30.1 Å². The maximum atomic E-state index is 13.9. The molecule has 3 rings (SSSR count). The van der Waals surface area contributed by atoms with E-state index in [2.05, 4.69) is 36.7 Å². The summed E-state index contributed by atoms with van der Waals surface area (Å²) in [7, 11) is 0. The van der Waals surface area contributed by atoms with Crippen molar-refractivity contribution in [3.63, 3.8) is 0 Å². The van der Waals surface area contributed by atoms with Crippen LogP contribution < -0.4 is 15.8 Å². The van der Waals surface area contributed by atoms with Gasteiger partial charge in [0.25, 0.3) is 0 Å². The van der Waals surface area contributed by atoms with E-state index in [0.29, 0.717) is 16.3 Å². The van der Waals surface area contributed by atoms with Crippen molar-refractivity contribution in [2.75, 3.05) is 19.1 Å². The molecule has 0 aliphatic rings. The van der Waals surface area contributed by atoms with Gasteiger partial charge in [0.2, 0.25) is 0 Å². The molecule has 0 spiro atoms. The molecule has 152 valence electrons. The van der Waals surface area contributed by atoms with E-state index < -0.39 is 18.8 Å². The molecule has 1 unspecified atom stereocenters. The molecule has 2 aromatic carbocycles. The minimum absolute atomic E-state index is 0.0672. The highest BCUT2D eigenvalue weighted by Gasteiger charge is 2.20. The number of nitrogen functional groups attached to an aromatic ring is 1. The number of hydrogen-bond acceptors (Lipinski definition) is 3. The average Bonchev–Trinajstić information content (AvgIpc) is 2.66. The number of pyridine rings is 1. The highest BCUT2D eigenvalue weighted by molar-refractivity contribution is 7.79. The van der Waals surface area contributed by atoms with Gasteiger partial charge in [-0.25, -0.2) is 9.37 Å². The lowest BCUT2D eigenvalue weighted by Gasteiger charge is -2.19. The lowest BCUT2D eigenvalue weighted by atomic mass is 10.1. The summed E-state index contributed by atoms with van der Waals surface area (Å²) in [6, 6.07) is 12.7. The summed E-state index contributed by atoms with van der Waals surface area (Å²) in [6.45, 7) is 4.74. The van der Waals surface area contributed by atoms with Gasteiger partial charge in [0.1, 0.15) is 11.9 Å². The molecule has 1 heterocycles. The monoisotopic (exact) mass is 450 g/mol. The van der Waals surface area contributed by atoms with Crippen molar-refractivity contribution < 1.29 is 9.13 Å². The predicted molar refractivity (Wildman–Crippen MR) is 125 cm³/mol. The van der Waals surface area contributed by atoms with E-state index in [9.17, 15) is 4.39 Å². The Labute approximate surface area is 180 Å². The molecule has 29 heavy (non-hydrogen) atoms. The molecule has 0 radical (unpaired) electrons. The van der Waals surface area contributed by atoms with Crippen molar-refractivity contribution in [3.05, 3.63) is 70.1 Å². The summed E-state index contributed by atoms with van der Waals surface area (Å²) in [6.07, 6.45) is 5.33. The maximum absolute atomic E-state index is 13.9. The number of anilines is 1. The highest BCUT2D eigenvalue weighted by Crippen LogP contribution is 2.37. The third kappa shape index (κ3) is 4.78. The van der Waals surface area contributed by atoms with E-state index in [-0.39, 0.29) is 10.8 Å². The summed E-state index contributed by atoms with van der Waals surface area (Å²) in [4.78, 5) is 4.24. The Balaban J connectivity index is 1.92. The van der Waals surface area contributed by atoms with Crippen LogP contribution in [-0.4, -0.2) is 24.6 Å². The maximum Gasteiger partial charge on any atom is 0.166 e. The molecule has 0 aliphatic heterocycles. The van der Waals surface area contributed by atoms with Crippen molar-refractivity contribution in [2.45, 2.75) is 13.0 Å². The Hall–Kier alpha value is -2.00. The molecule has 0 amide bonds. The van der Waals surface area contributed by atoms with Crippen LogP contribution in [-0.2, 0) is 0 Å². The first kappa shape index (κ1) is 21.7. The van der Waals surface area contributed by atoms with Crippen LogP contribution in [0.3, 0.4) is 0 Å². The molecule has 0 aliphatic carbocycles. The first-order valence-corrected chi connectivity index (χ1v) is 12.6. The van der Waals surface area contributed by atoms with Crippen LogP contribution in [0.1, 0.15) is 18.6 Å². The van der Waals surface area contributed by atoms with Gasteiger partial charge in [-0.1, -0.05) is 60.7 Å². The van der Waals surface area contributed by atoms with E-state index in [4.69, 9.17) is 33.7 Å². The number of ether oxygens (including phenoxy) is 1. The summed E-state index contributed by atoms with van der Waals surface area (Å²) in [5.74, 6) is 0.0452. The number of rotatable bonds is 5. The number of benzene rings is 2. The third-order valence-electron chi connectivity index (χ3n) is 4.57. The second kappa shape index (κ2) is 8.39. The van der Waals surface area contributed by atoms with Crippen LogP contribution in [0.2, 0.25) is 10.0 Å². The quantitative estimate of drug-likeness (QED) is 0.369. The normalized spacial score (nSPS) is 12.6. The largest absolute Gasteiger partial charge is 0.482 e. The molecule has 0 saturated heterocycles. The standard InChI is InChI=1S/C22H22Cl2FN2OP/c1-13(20-17(23)9-10-18(25)21(20)24)28-19-11-15(12-27-22(19)26)14-5-7-16(8-6-14)29(2,3)4/h5-13H,2H2,1,3-4H3,(H2,26,27). The van der Waals surface area contributed by atoms with Crippen LogP contribution in [0.15, 0.2) is 48.7 Å².